The van der Waals surface area contributed by atoms with Gasteiger partial charge in [0.15, 0.2) is 6.61 Å². The van der Waals surface area contributed by atoms with Crippen molar-refractivity contribution in [2.45, 2.75) is 66.5 Å². The van der Waals surface area contributed by atoms with Crippen molar-refractivity contribution in [2.24, 2.45) is 4.99 Å². The predicted octanol–water partition coefficient (Wildman–Crippen LogP) is 9.29. The molecular weight excluding hydrogens is 608 g/mol. The van der Waals surface area contributed by atoms with E-state index in [9.17, 15) is 39.9 Å². The van der Waals surface area contributed by atoms with Crippen LogP contribution in [0.25, 0.3) is 16.7 Å². The van der Waals surface area contributed by atoms with Crippen molar-refractivity contribution in [3.05, 3.63) is 98.3 Å². The molecule has 0 spiro atoms. The van der Waals surface area contributed by atoms with Gasteiger partial charge in [0.2, 0.25) is 0 Å². The topological polar surface area (TPSA) is 54.5 Å². The summed E-state index contributed by atoms with van der Waals surface area (Å²) in [6.07, 6.45) is -6.56. The van der Waals surface area contributed by atoms with Gasteiger partial charge in [0.25, 0.3) is 0 Å². The lowest BCUT2D eigenvalue weighted by molar-refractivity contribution is -0.359. The molecule has 4 rings (SSSR count). The van der Waals surface area contributed by atoms with E-state index in [1.807, 2.05) is 32.9 Å². The molecule has 45 heavy (non-hydrogen) atoms. The number of aryl methyl sites for hydroxylation is 4. The first-order valence-corrected chi connectivity index (χ1v) is 13.7. The van der Waals surface area contributed by atoms with Crippen LogP contribution in [0, 0.1) is 40.4 Å². The summed E-state index contributed by atoms with van der Waals surface area (Å²) in [5.41, 5.74) is 6.49. The zero-order valence-corrected chi connectivity index (χ0v) is 25.5. The first-order chi connectivity index (χ1) is 20.7. The predicted molar refractivity (Wildman–Crippen MR) is 155 cm³/mol. The van der Waals surface area contributed by atoms with Gasteiger partial charge in [-0.05, 0) is 82.4 Å². The van der Waals surface area contributed by atoms with Crippen LogP contribution in [-0.4, -0.2) is 41.3 Å². The number of esters is 1. The van der Waals surface area contributed by atoms with Gasteiger partial charge in [-0.15, -0.1) is 0 Å². The minimum Gasteiger partial charge on any atom is -0.455 e. The van der Waals surface area contributed by atoms with Crippen molar-refractivity contribution in [1.29, 1.82) is 0 Å². The number of H-pyrrole nitrogens is 1. The largest absolute Gasteiger partial charge is 0.460 e. The summed E-state index contributed by atoms with van der Waals surface area (Å²) in [5.74, 6) is -14.1. The van der Waals surface area contributed by atoms with Crippen LogP contribution in [-0.2, 0) is 9.53 Å². The van der Waals surface area contributed by atoms with Crippen LogP contribution in [0.3, 0.4) is 0 Å². The van der Waals surface area contributed by atoms with E-state index in [1.165, 1.54) is 19.9 Å². The van der Waals surface area contributed by atoms with Gasteiger partial charge in [-0.25, -0.2) is 9.18 Å². The van der Waals surface area contributed by atoms with Crippen LogP contribution < -0.4 is 0 Å². The third-order valence-electron chi connectivity index (χ3n) is 7.77. The second kappa shape index (κ2) is 11.6. The maximum absolute atomic E-state index is 14.9. The fourth-order valence-electron chi connectivity index (χ4n) is 5.77. The van der Waals surface area contributed by atoms with Gasteiger partial charge < -0.3 is 9.72 Å². The van der Waals surface area contributed by atoms with Crippen molar-refractivity contribution in [2.75, 3.05) is 6.61 Å². The molecule has 1 N–H and O–H groups in total. The molecule has 0 aliphatic carbocycles. The molecule has 0 fully saturated rings. The number of ether oxygens (including phenoxy) is 1. The Morgan fingerprint density at radius 3 is 2.02 bits per heavy atom. The minimum atomic E-state index is -6.56. The number of nitrogens with one attached hydrogen (secondary N) is 1. The highest BCUT2D eigenvalue weighted by Crippen LogP contribution is 2.47. The summed E-state index contributed by atoms with van der Waals surface area (Å²) < 4.78 is 112. The van der Waals surface area contributed by atoms with Gasteiger partial charge in [-0.3, -0.25) is 4.99 Å². The lowest BCUT2D eigenvalue weighted by atomic mass is 9.87. The smallest absolute Gasteiger partial charge is 0.455 e. The Morgan fingerprint density at radius 1 is 0.889 bits per heavy atom. The number of benzene rings is 2. The molecule has 0 atom stereocenters. The van der Waals surface area contributed by atoms with Gasteiger partial charge in [0, 0.05) is 22.4 Å². The normalized spacial score (nSPS) is 15.5. The van der Waals surface area contributed by atoms with Crippen molar-refractivity contribution in [3.8, 4) is 11.1 Å². The quantitative estimate of drug-likeness (QED) is 0.207. The number of allylic oxidation sites excluding steroid dienone is 1. The summed E-state index contributed by atoms with van der Waals surface area (Å²) in [6, 6.07) is 10.1. The molecule has 2 heterocycles. The number of aromatic amines is 1. The molecule has 4 nitrogen and oxygen atoms in total. The molecule has 0 bridgehead atoms. The summed E-state index contributed by atoms with van der Waals surface area (Å²) in [4.78, 5) is 20.8. The number of hydrogen-bond acceptors (Lipinski definition) is 3. The van der Waals surface area contributed by atoms with E-state index in [0.717, 1.165) is 16.7 Å². The maximum Gasteiger partial charge on any atom is 0.460 e. The van der Waals surface area contributed by atoms with Crippen molar-refractivity contribution < 1.29 is 44.7 Å². The molecule has 1 aliphatic rings. The van der Waals surface area contributed by atoms with Crippen LogP contribution in [0.4, 0.5) is 35.1 Å². The third-order valence-corrected chi connectivity index (χ3v) is 7.77. The summed E-state index contributed by atoms with van der Waals surface area (Å²) in [7, 11) is 0. The number of alkyl halides is 7. The van der Waals surface area contributed by atoms with Gasteiger partial charge in [0.05, 0.1) is 22.7 Å². The number of rotatable bonds is 7. The number of carbonyl (C=O) groups is 1. The number of aliphatic imine (C=N–C) groups is 1. The summed E-state index contributed by atoms with van der Waals surface area (Å²) in [6.45, 7) is 9.47. The zero-order valence-electron chi connectivity index (χ0n) is 25.5. The Morgan fingerprint density at radius 2 is 1.47 bits per heavy atom. The van der Waals surface area contributed by atoms with Crippen LogP contribution in [0.15, 0.2) is 58.2 Å². The fourth-order valence-corrected chi connectivity index (χ4v) is 5.77. The standard InChI is InChI=1S/C33H30F8N2O2/c1-15-12-16(2)24(17(3)13-15)27(28-18(4)25(20(6)42-28)22-10-8-9-11-23(22)34)29-19(5)26(21(7)43-29)30(44)45-14-31(35,36)32(37,38)33(39,40)41/h8-13,42H,14H2,1-7H3/b29-27-. The Kier molecular flexibility index (Phi) is 8.69. The molecule has 1 aliphatic heterocycles. The van der Waals surface area contributed by atoms with Crippen molar-refractivity contribution >= 4 is 17.3 Å². The van der Waals surface area contributed by atoms with Crippen molar-refractivity contribution in [3.63, 3.8) is 0 Å². The van der Waals surface area contributed by atoms with E-state index in [0.29, 0.717) is 39.2 Å². The summed E-state index contributed by atoms with van der Waals surface area (Å²) >= 11 is 0. The molecular formula is C33H30F8N2O2. The van der Waals surface area contributed by atoms with E-state index < -0.39 is 36.4 Å². The molecule has 0 amide bonds. The van der Waals surface area contributed by atoms with Gasteiger partial charge in [-0.2, -0.15) is 30.7 Å². The molecule has 3 aromatic rings. The second-order valence-corrected chi connectivity index (χ2v) is 11.2. The van der Waals surface area contributed by atoms with Crippen LogP contribution in [0.1, 0.15) is 53.1 Å². The molecule has 0 saturated heterocycles. The Labute approximate surface area is 254 Å². The van der Waals surface area contributed by atoms with Gasteiger partial charge >= 0.3 is 24.0 Å². The van der Waals surface area contributed by atoms with E-state index >= 15 is 0 Å². The molecule has 0 radical (unpaired) electrons. The molecule has 12 heteroatoms. The number of hydrogen-bond donors (Lipinski definition) is 1. The lowest BCUT2D eigenvalue weighted by Gasteiger charge is -2.27. The first-order valence-electron chi connectivity index (χ1n) is 13.7. The Bertz CT molecular complexity index is 1770. The fraction of sp³-hybridized carbons (Fsp3) is 0.333. The number of nitrogens with zero attached hydrogens (tertiary/aromatic N) is 1. The zero-order chi connectivity index (χ0) is 33.8. The van der Waals surface area contributed by atoms with Crippen LogP contribution in [0.2, 0.25) is 0 Å². The average molecular weight is 639 g/mol. The van der Waals surface area contributed by atoms with Gasteiger partial charge in [-0.1, -0.05) is 35.9 Å². The molecule has 2 aromatic carbocycles. The van der Waals surface area contributed by atoms with Gasteiger partial charge in [0.1, 0.15) is 5.82 Å². The highest BCUT2D eigenvalue weighted by Gasteiger charge is 2.73. The average Bonchev–Trinajstić information content (AvgIpc) is 3.37. The SMILES string of the molecule is CC1=N/C(=C(\c2[nH]c(C)c(-c3ccccc3F)c2C)c2c(C)cc(C)cc2C)C(C)=C1C(=O)OCC(F)(F)C(F)(F)C(F)(F)F. The van der Waals surface area contributed by atoms with Crippen molar-refractivity contribution in [1.82, 2.24) is 4.98 Å². The third kappa shape index (κ3) is 5.82. The molecule has 0 unspecified atom stereocenters. The van der Waals surface area contributed by atoms with E-state index in [4.69, 9.17) is 0 Å². The maximum atomic E-state index is 14.9. The highest BCUT2D eigenvalue weighted by atomic mass is 19.4. The highest BCUT2D eigenvalue weighted by molar-refractivity contribution is 6.22. The van der Waals surface area contributed by atoms with Crippen LogP contribution >= 0.6 is 0 Å². The van der Waals surface area contributed by atoms with Crippen LogP contribution in [0.5, 0.6) is 0 Å². The Hall–Kier alpha value is -4.22. The number of halogens is 8. The molecule has 0 saturated carbocycles. The summed E-state index contributed by atoms with van der Waals surface area (Å²) in [5, 5.41) is 0. The number of aromatic nitrogens is 1. The number of carbonyl (C=O) groups excluding carboxylic acids is 1. The lowest BCUT2D eigenvalue weighted by Crippen LogP contribution is -2.54. The minimum absolute atomic E-state index is 0.0198. The second-order valence-electron chi connectivity index (χ2n) is 11.2. The molecule has 240 valence electrons. The Balaban J connectivity index is 1.92. The molecule has 1 aromatic heterocycles. The van der Waals surface area contributed by atoms with E-state index in [1.54, 1.807) is 32.0 Å². The van der Waals surface area contributed by atoms with E-state index in [-0.39, 0.29) is 22.6 Å². The van der Waals surface area contributed by atoms with E-state index in [2.05, 4.69) is 14.7 Å². The first kappa shape index (κ1) is 33.7. The monoisotopic (exact) mass is 638 g/mol.